The van der Waals surface area contributed by atoms with Gasteiger partial charge in [-0.1, -0.05) is 12.2 Å². The van der Waals surface area contributed by atoms with Crippen LogP contribution >= 0.6 is 12.2 Å². The van der Waals surface area contributed by atoms with Crippen molar-refractivity contribution in [3.05, 3.63) is 30.1 Å². The second-order valence-electron chi connectivity index (χ2n) is 4.01. The van der Waals surface area contributed by atoms with Gasteiger partial charge in [0.05, 0.1) is 11.5 Å². The highest BCUT2D eigenvalue weighted by molar-refractivity contribution is 7.80. The smallest absolute Gasteiger partial charge is 0.238 e. The molecular weight excluding hydrogens is 253 g/mol. The van der Waals surface area contributed by atoms with Crippen molar-refractivity contribution in [2.45, 2.75) is 6.42 Å². The Morgan fingerprint density at radius 1 is 1.44 bits per heavy atom. The number of carbonyl (C=O) groups is 1. The average Bonchev–Trinajstić information content (AvgIpc) is 2.29. The molecule has 0 saturated heterocycles. The summed E-state index contributed by atoms with van der Waals surface area (Å²) in [6, 6.07) is 5.63. The number of anilines is 1. The van der Waals surface area contributed by atoms with Crippen LogP contribution in [-0.2, 0) is 4.79 Å². The summed E-state index contributed by atoms with van der Waals surface area (Å²) in [4.78, 5) is 13.9. The van der Waals surface area contributed by atoms with E-state index in [1.165, 1.54) is 24.3 Å². The zero-order valence-electron chi connectivity index (χ0n) is 10.1. The van der Waals surface area contributed by atoms with Crippen LogP contribution in [0, 0.1) is 5.82 Å². The minimum atomic E-state index is -0.332. The highest BCUT2D eigenvalue weighted by Crippen LogP contribution is 2.07. The fourth-order valence-electron chi connectivity index (χ4n) is 1.36. The van der Waals surface area contributed by atoms with E-state index in [0.29, 0.717) is 23.6 Å². The van der Waals surface area contributed by atoms with Crippen LogP contribution in [0.3, 0.4) is 0 Å². The van der Waals surface area contributed by atoms with Crippen molar-refractivity contribution in [2.75, 3.05) is 25.5 Å². The lowest BCUT2D eigenvalue weighted by Crippen LogP contribution is -2.32. The van der Waals surface area contributed by atoms with Crippen molar-refractivity contribution < 1.29 is 9.18 Å². The summed E-state index contributed by atoms with van der Waals surface area (Å²) < 4.78 is 12.7. The predicted molar refractivity (Wildman–Crippen MR) is 73.9 cm³/mol. The van der Waals surface area contributed by atoms with Crippen LogP contribution in [0.2, 0.25) is 0 Å². The second kappa shape index (κ2) is 7.03. The van der Waals surface area contributed by atoms with E-state index in [1.807, 2.05) is 11.9 Å². The topological polar surface area (TPSA) is 58.4 Å². The lowest BCUT2D eigenvalue weighted by Gasteiger charge is -2.15. The summed E-state index contributed by atoms with van der Waals surface area (Å²) in [5.41, 5.74) is 5.95. The van der Waals surface area contributed by atoms with Crippen molar-refractivity contribution >= 4 is 28.8 Å². The highest BCUT2D eigenvalue weighted by Gasteiger charge is 2.07. The highest BCUT2D eigenvalue weighted by atomic mass is 32.1. The maximum absolute atomic E-state index is 12.7. The normalized spacial score (nSPS) is 10.4. The van der Waals surface area contributed by atoms with Gasteiger partial charge in [0.2, 0.25) is 5.91 Å². The van der Waals surface area contributed by atoms with Gasteiger partial charge in [0, 0.05) is 18.7 Å². The van der Waals surface area contributed by atoms with E-state index in [4.69, 9.17) is 18.0 Å². The van der Waals surface area contributed by atoms with E-state index in [1.54, 1.807) is 0 Å². The van der Waals surface area contributed by atoms with Crippen LogP contribution in [0.4, 0.5) is 10.1 Å². The average molecular weight is 269 g/mol. The molecule has 0 spiro atoms. The molecule has 1 rings (SSSR count). The van der Waals surface area contributed by atoms with Crippen LogP contribution in [0.5, 0.6) is 0 Å². The SMILES string of the molecule is CN(CCC(N)=S)CC(=O)Nc1ccc(F)cc1. The van der Waals surface area contributed by atoms with E-state index in [-0.39, 0.29) is 18.3 Å². The van der Waals surface area contributed by atoms with Gasteiger partial charge in [-0.25, -0.2) is 4.39 Å². The maximum Gasteiger partial charge on any atom is 0.238 e. The van der Waals surface area contributed by atoms with E-state index in [0.717, 1.165) is 0 Å². The van der Waals surface area contributed by atoms with E-state index in [2.05, 4.69) is 5.32 Å². The largest absolute Gasteiger partial charge is 0.393 e. The number of thiocarbonyl (C=S) groups is 1. The number of hydrogen-bond donors (Lipinski definition) is 2. The zero-order valence-corrected chi connectivity index (χ0v) is 11.0. The van der Waals surface area contributed by atoms with Gasteiger partial charge in [-0.05, 0) is 31.3 Å². The first-order chi connectivity index (χ1) is 8.47. The fraction of sp³-hybridized carbons (Fsp3) is 0.333. The molecule has 0 heterocycles. The van der Waals surface area contributed by atoms with Crippen LogP contribution in [0.1, 0.15) is 6.42 Å². The van der Waals surface area contributed by atoms with Crippen molar-refractivity contribution in [3.8, 4) is 0 Å². The summed E-state index contributed by atoms with van der Waals surface area (Å²) in [6.07, 6.45) is 0.579. The number of hydrogen-bond acceptors (Lipinski definition) is 3. The third-order valence-corrected chi connectivity index (χ3v) is 2.49. The van der Waals surface area contributed by atoms with E-state index >= 15 is 0 Å². The minimum Gasteiger partial charge on any atom is -0.393 e. The fourth-order valence-corrected chi connectivity index (χ4v) is 1.45. The molecule has 1 aromatic carbocycles. The monoisotopic (exact) mass is 269 g/mol. The molecule has 3 N–H and O–H groups in total. The van der Waals surface area contributed by atoms with Crippen molar-refractivity contribution in [2.24, 2.45) is 5.73 Å². The third-order valence-electron chi connectivity index (χ3n) is 2.28. The van der Waals surface area contributed by atoms with Gasteiger partial charge >= 0.3 is 0 Å². The summed E-state index contributed by atoms with van der Waals surface area (Å²) in [5.74, 6) is -0.492. The molecule has 6 heteroatoms. The Kier molecular flexibility index (Phi) is 5.67. The number of nitrogens with two attached hydrogens (primary N) is 1. The van der Waals surface area contributed by atoms with E-state index < -0.39 is 0 Å². The van der Waals surface area contributed by atoms with Gasteiger partial charge in [0.1, 0.15) is 5.82 Å². The summed E-state index contributed by atoms with van der Waals surface area (Å²) in [7, 11) is 1.81. The van der Waals surface area contributed by atoms with Gasteiger partial charge in [-0.15, -0.1) is 0 Å². The van der Waals surface area contributed by atoms with E-state index in [9.17, 15) is 9.18 Å². The predicted octanol–water partition coefficient (Wildman–Crippen LogP) is 1.37. The Morgan fingerprint density at radius 2 is 2.06 bits per heavy atom. The number of rotatable bonds is 6. The summed E-state index contributed by atoms with van der Waals surface area (Å²) in [6.45, 7) is 0.867. The first kappa shape index (κ1) is 14.5. The molecule has 0 aromatic heterocycles. The van der Waals surface area contributed by atoms with Gasteiger partial charge in [0.15, 0.2) is 0 Å². The summed E-state index contributed by atoms with van der Waals surface area (Å²) in [5, 5.41) is 2.68. The molecule has 0 atom stereocenters. The third kappa shape index (κ3) is 5.70. The lowest BCUT2D eigenvalue weighted by atomic mass is 10.3. The molecule has 4 nitrogen and oxygen atoms in total. The minimum absolute atomic E-state index is 0.160. The number of halogens is 1. The lowest BCUT2D eigenvalue weighted by molar-refractivity contribution is -0.117. The number of likely N-dealkylation sites (N-methyl/N-ethyl adjacent to an activating group) is 1. The number of benzene rings is 1. The number of nitrogens with one attached hydrogen (secondary N) is 1. The van der Waals surface area contributed by atoms with Crippen molar-refractivity contribution in [3.63, 3.8) is 0 Å². The molecule has 18 heavy (non-hydrogen) atoms. The molecule has 0 fully saturated rings. The molecular formula is C12H16FN3OS. The van der Waals surface area contributed by atoms with Gasteiger partial charge in [-0.3, -0.25) is 9.69 Å². The molecule has 0 radical (unpaired) electrons. The quantitative estimate of drug-likeness (QED) is 0.766. The molecule has 1 aromatic rings. The first-order valence-corrected chi connectivity index (χ1v) is 5.90. The molecule has 0 aliphatic carbocycles. The Balaban J connectivity index is 2.37. The van der Waals surface area contributed by atoms with Crippen LogP contribution in [-0.4, -0.2) is 35.9 Å². The molecule has 1 amide bonds. The van der Waals surface area contributed by atoms with Crippen LogP contribution < -0.4 is 11.1 Å². The molecule has 0 aliphatic heterocycles. The van der Waals surface area contributed by atoms with Crippen molar-refractivity contribution in [1.82, 2.24) is 4.90 Å². The van der Waals surface area contributed by atoms with Crippen LogP contribution in [0.25, 0.3) is 0 Å². The van der Waals surface area contributed by atoms with Gasteiger partial charge in [0.25, 0.3) is 0 Å². The molecule has 0 bridgehead atoms. The number of carbonyl (C=O) groups excluding carboxylic acids is 1. The molecule has 0 aliphatic rings. The van der Waals surface area contributed by atoms with Gasteiger partial charge < -0.3 is 11.1 Å². The Hall–Kier alpha value is -1.53. The maximum atomic E-state index is 12.7. The molecule has 98 valence electrons. The number of amides is 1. The van der Waals surface area contributed by atoms with Crippen LogP contribution in [0.15, 0.2) is 24.3 Å². The molecule has 0 saturated carbocycles. The second-order valence-corrected chi connectivity index (χ2v) is 4.53. The Labute approximate surface area is 111 Å². The molecule has 0 unspecified atom stereocenters. The number of nitrogens with zero attached hydrogens (tertiary/aromatic N) is 1. The standard InChI is InChI=1S/C12H16FN3OS/c1-16(7-6-11(14)18)8-12(17)15-10-4-2-9(13)3-5-10/h2-5H,6-8H2,1H3,(H2,14,18)(H,15,17). The zero-order chi connectivity index (χ0) is 13.5. The Morgan fingerprint density at radius 3 is 2.61 bits per heavy atom. The first-order valence-electron chi connectivity index (χ1n) is 5.49. The van der Waals surface area contributed by atoms with Gasteiger partial charge in [-0.2, -0.15) is 0 Å². The Bertz CT molecular complexity index is 422. The van der Waals surface area contributed by atoms with Crippen molar-refractivity contribution in [1.29, 1.82) is 0 Å². The summed E-state index contributed by atoms with van der Waals surface area (Å²) >= 11 is 4.76.